The summed E-state index contributed by atoms with van der Waals surface area (Å²) in [6.07, 6.45) is -4.44. The monoisotopic (exact) mass is 323 g/mol. The summed E-state index contributed by atoms with van der Waals surface area (Å²) in [5.74, 6) is -0.442. The van der Waals surface area contributed by atoms with Gasteiger partial charge in [0, 0.05) is 5.69 Å². The Morgan fingerprint density at radius 1 is 1.09 bits per heavy atom. The zero-order valence-corrected chi connectivity index (χ0v) is 12.7. The van der Waals surface area contributed by atoms with Crippen LogP contribution >= 0.6 is 0 Å². The topological polar surface area (TPSA) is 38.3 Å². The van der Waals surface area contributed by atoms with E-state index in [4.69, 9.17) is 4.74 Å². The molecule has 0 saturated carbocycles. The molecular weight excluding hydrogens is 307 g/mol. The first-order chi connectivity index (χ1) is 10.7. The van der Waals surface area contributed by atoms with Crippen molar-refractivity contribution >= 4 is 11.6 Å². The normalized spacial score (nSPS) is 11.2. The second-order valence-electron chi connectivity index (χ2n) is 5.24. The molecule has 1 amide bonds. The highest BCUT2D eigenvalue weighted by Gasteiger charge is 2.30. The van der Waals surface area contributed by atoms with Crippen molar-refractivity contribution in [3.8, 4) is 5.75 Å². The molecule has 3 nitrogen and oxygen atoms in total. The van der Waals surface area contributed by atoms with Crippen LogP contribution in [0.4, 0.5) is 18.9 Å². The van der Waals surface area contributed by atoms with E-state index < -0.39 is 17.6 Å². The molecule has 1 N–H and O–H groups in total. The molecule has 0 heterocycles. The number of amides is 1. The summed E-state index contributed by atoms with van der Waals surface area (Å²) in [7, 11) is 0. The van der Waals surface area contributed by atoms with Gasteiger partial charge in [0.25, 0.3) is 5.91 Å². The summed E-state index contributed by atoms with van der Waals surface area (Å²) in [6, 6.07) is 9.99. The maximum atomic E-state index is 12.6. The van der Waals surface area contributed by atoms with Gasteiger partial charge >= 0.3 is 6.18 Å². The van der Waals surface area contributed by atoms with Crippen molar-refractivity contribution in [2.45, 2.75) is 20.0 Å². The van der Waals surface area contributed by atoms with E-state index in [1.54, 1.807) is 12.1 Å². The van der Waals surface area contributed by atoms with E-state index in [-0.39, 0.29) is 12.4 Å². The second-order valence-corrected chi connectivity index (χ2v) is 5.24. The molecule has 6 heteroatoms. The van der Waals surface area contributed by atoms with Crippen molar-refractivity contribution in [3.05, 3.63) is 59.2 Å². The van der Waals surface area contributed by atoms with Crippen LogP contribution in [0.3, 0.4) is 0 Å². The molecule has 0 aromatic heterocycles. The molecule has 0 atom stereocenters. The van der Waals surface area contributed by atoms with Crippen LogP contribution in [0.15, 0.2) is 42.5 Å². The van der Waals surface area contributed by atoms with Crippen LogP contribution in [0.25, 0.3) is 0 Å². The minimum Gasteiger partial charge on any atom is -0.484 e. The number of anilines is 1. The molecule has 2 aromatic carbocycles. The summed E-state index contributed by atoms with van der Waals surface area (Å²) in [5.41, 5.74) is 1.81. The minimum atomic E-state index is -4.44. The number of ether oxygens (including phenoxy) is 1. The Kier molecular flexibility index (Phi) is 4.93. The highest BCUT2D eigenvalue weighted by molar-refractivity contribution is 5.92. The standard InChI is InChI=1S/C17H16F3NO2/c1-11-6-12(2)8-14(7-11)21-16(22)10-23-15-5-3-4-13(9-15)17(18,19)20/h3-9H,10H2,1-2H3,(H,21,22). The number of rotatable bonds is 4. The SMILES string of the molecule is Cc1cc(C)cc(NC(=O)COc2cccc(C(F)(F)F)c2)c1. The van der Waals surface area contributed by atoms with Gasteiger partial charge in [-0.15, -0.1) is 0 Å². The number of carbonyl (C=O) groups is 1. The number of hydrogen-bond donors (Lipinski definition) is 1. The van der Waals surface area contributed by atoms with E-state index in [0.717, 1.165) is 23.3 Å². The first kappa shape index (κ1) is 16.9. The Morgan fingerprint density at radius 3 is 2.35 bits per heavy atom. The lowest BCUT2D eigenvalue weighted by molar-refractivity contribution is -0.137. The fraction of sp³-hybridized carbons (Fsp3) is 0.235. The third kappa shape index (κ3) is 5.02. The molecule has 2 rings (SSSR count). The van der Waals surface area contributed by atoms with Crippen molar-refractivity contribution in [2.24, 2.45) is 0 Å². The zero-order chi connectivity index (χ0) is 17.0. The molecular formula is C17H16F3NO2. The molecule has 0 aliphatic carbocycles. The molecule has 0 fully saturated rings. The second kappa shape index (κ2) is 6.73. The van der Waals surface area contributed by atoms with E-state index in [0.29, 0.717) is 5.69 Å². The number of halogens is 3. The van der Waals surface area contributed by atoms with Gasteiger partial charge in [0.15, 0.2) is 6.61 Å². The molecule has 0 bridgehead atoms. The van der Waals surface area contributed by atoms with Crippen molar-refractivity contribution in [2.75, 3.05) is 11.9 Å². The predicted octanol–water partition coefficient (Wildman–Crippen LogP) is 4.34. The van der Waals surface area contributed by atoms with Gasteiger partial charge in [-0.05, 0) is 55.3 Å². The molecule has 23 heavy (non-hydrogen) atoms. The molecule has 122 valence electrons. The van der Waals surface area contributed by atoms with Crippen LogP contribution < -0.4 is 10.1 Å². The van der Waals surface area contributed by atoms with E-state index in [2.05, 4.69) is 5.32 Å². The molecule has 0 unspecified atom stereocenters. The number of hydrogen-bond acceptors (Lipinski definition) is 2. The van der Waals surface area contributed by atoms with Crippen LogP contribution in [0.5, 0.6) is 5.75 Å². The van der Waals surface area contributed by atoms with Crippen LogP contribution in [0.2, 0.25) is 0 Å². The van der Waals surface area contributed by atoms with Crippen molar-refractivity contribution < 1.29 is 22.7 Å². The molecule has 2 aromatic rings. The molecule has 0 spiro atoms. The average Bonchev–Trinajstić information content (AvgIpc) is 2.43. The predicted molar refractivity (Wildman–Crippen MR) is 81.5 cm³/mol. The quantitative estimate of drug-likeness (QED) is 0.909. The highest BCUT2D eigenvalue weighted by atomic mass is 19.4. The summed E-state index contributed by atoms with van der Waals surface area (Å²) in [5, 5.41) is 2.65. The van der Waals surface area contributed by atoms with E-state index in [9.17, 15) is 18.0 Å². The van der Waals surface area contributed by atoms with E-state index in [1.807, 2.05) is 19.9 Å². The van der Waals surface area contributed by atoms with E-state index >= 15 is 0 Å². The summed E-state index contributed by atoms with van der Waals surface area (Å²) in [4.78, 5) is 11.8. The highest BCUT2D eigenvalue weighted by Crippen LogP contribution is 2.31. The fourth-order valence-corrected chi connectivity index (χ4v) is 2.16. The third-order valence-corrected chi connectivity index (χ3v) is 3.04. The summed E-state index contributed by atoms with van der Waals surface area (Å²) < 4.78 is 42.9. The Morgan fingerprint density at radius 2 is 1.74 bits per heavy atom. The summed E-state index contributed by atoms with van der Waals surface area (Å²) >= 11 is 0. The first-order valence-electron chi connectivity index (χ1n) is 6.92. The van der Waals surface area contributed by atoms with Gasteiger partial charge in [-0.25, -0.2) is 0 Å². The van der Waals surface area contributed by atoms with Crippen molar-refractivity contribution in [3.63, 3.8) is 0 Å². The lowest BCUT2D eigenvalue weighted by Crippen LogP contribution is -2.20. The lowest BCUT2D eigenvalue weighted by atomic mass is 10.1. The largest absolute Gasteiger partial charge is 0.484 e. The molecule has 0 aliphatic rings. The van der Waals surface area contributed by atoms with Gasteiger partial charge in [-0.2, -0.15) is 13.2 Å². The van der Waals surface area contributed by atoms with Gasteiger partial charge in [0.05, 0.1) is 5.56 Å². The van der Waals surface area contributed by atoms with Gasteiger partial charge in [0.2, 0.25) is 0 Å². The molecule has 0 saturated heterocycles. The maximum Gasteiger partial charge on any atom is 0.416 e. The minimum absolute atomic E-state index is 0.00426. The molecule has 0 aliphatic heterocycles. The van der Waals surface area contributed by atoms with Gasteiger partial charge < -0.3 is 10.1 Å². The number of aryl methyl sites for hydroxylation is 2. The maximum absolute atomic E-state index is 12.6. The van der Waals surface area contributed by atoms with E-state index in [1.165, 1.54) is 12.1 Å². The van der Waals surface area contributed by atoms with Crippen LogP contribution in [0.1, 0.15) is 16.7 Å². The van der Waals surface area contributed by atoms with Crippen LogP contribution in [-0.2, 0) is 11.0 Å². The Balaban J connectivity index is 1.97. The Hall–Kier alpha value is -2.50. The van der Waals surface area contributed by atoms with Gasteiger partial charge in [-0.1, -0.05) is 12.1 Å². The molecule has 0 radical (unpaired) electrons. The first-order valence-corrected chi connectivity index (χ1v) is 6.92. The van der Waals surface area contributed by atoms with Crippen molar-refractivity contribution in [1.29, 1.82) is 0 Å². The van der Waals surface area contributed by atoms with Crippen LogP contribution in [-0.4, -0.2) is 12.5 Å². The average molecular weight is 323 g/mol. The summed E-state index contributed by atoms with van der Waals surface area (Å²) in [6.45, 7) is 3.44. The van der Waals surface area contributed by atoms with Gasteiger partial charge in [-0.3, -0.25) is 4.79 Å². The third-order valence-electron chi connectivity index (χ3n) is 3.04. The number of carbonyl (C=O) groups excluding carboxylic acids is 1. The van der Waals surface area contributed by atoms with Crippen LogP contribution in [0, 0.1) is 13.8 Å². The Labute approximate surface area is 132 Å². The lowest BCUT2D eigenvalue weighted by Gasteiger charge is -2.11. The number of benzene rings is 2. The van der Waals surface area contributed by atoms with Gasteiger partial charge in [0.1, 0.15) is 5.75 Å². The Bertz CT molecular complexity index is 691. The number of alkyl halides is 3. The fourth-order valence-electron chi connectivity index (χ4n) is 2.16. The zero-order valence-electron chi connectivity index (χ0n) is 12.7. The smallest absolute Gasteiger partial charge is 0.416 e. The number of nitrogens with one attached hydrogen (secondary N) is 1. The van der Waals surface area contributed by atoms with Crippen molar-refractivity contribution in [1.82, 2.24) is 0 Å².